The van der Waals surface area contributed by atoms with Gasteiger partial charge in [0.25, 0.3) is 0 Å². The first-order chi connectivity index (χ1) is 15.1. The first-order valence-electron chi connectivity index (χ1n) is 11.8. The van der Waals surface area contributed by atoms with Crippen molar-refractivity contribution in [2.45, 2.75) is 91.0 Å². The Morgan fingerprint density at radius 3 is 2.27 bits per heavy atom. The molecule has 33 heavy (non-hydrogen) atoms. The number of fused-ring (bicyclic) bond motifs is 1. The Morgan fingerprint density at radius 1 is 1.21 bits per heavy atom. The molecular formula is C24H37BN4O4. The SMILES string of the molecule is CC(C)c1c(B2OC(C)(C)C(C)(C)O2)[nH]c2ccc(N3CC(N(C(=O)O)C(C)(C)C)C3)nc12. The lowest BCUT2D eigenvalue weighted by Gasteiger charge is -2.49. The standard InChI is InChI=1S/C24H37BN4O4/c1-14(2)18-19-16(26-20(18)25-32-23(6,7)24(8,9)33-25)10-11-17(27-19)28-12-15(13-28)29(21(30)31)22(3,4)5/h10-11,14-15,26H,12-13H2,1-9H3,(H,30,31). The molecule has 0 unspecified atom stereocenters. The average Bonchev–Trinajstić information content (AvgIpc) is 3.09. The molecule has 2 aromatic rings. The fraction of sp³-hybridized carbons (Fsp3) is 0.667. The van der Waals surface area contributed by atoms with Crippen molar-refractivity contribution >= 4 is 35.7 Å². The molecule has 4 rings (SSSR count). The Morgan fingerprint density at radius 2 is 1.79 bits per heavy atom. The lowest BCUT2D eigenvalue weighted by molar-refractivity contribution is 0.00578. The minimum atomic E-state index is -0.879. The number of pyridine rings is 1. The van der Waals surface area contributed by atoms with Gasteiger partial charge in [0.2, 0.25) is 0 Å². The third kappa shape index (κ3) is 3.99. The number of hydrogen-bond donors (Lipinski definition) is 2. The molecule has 2 aliphatic heterocycles. The highest BCUT2D eigenvalue weighted by atomic mass is 16.7. The summed E-state index contributed by atoms with van der Waals surface area (Å²) in [4.78, 5) is 24.0. The maximum absolute atomic E-state index is 11.8. The maximum Gasteiger partial charge on any atom is 0.512 e. The van der Waals surface area contributed by atoms with Gasteiger partial charge >= 0.3 is 13.2 Å². The van der Waals surface area contributed by atoms with E-state index in [1.54, 1.807) is 4.90 Å². The van der Waals surface area contributed by atoms with Crippen LogP contribution in [0.1, 0.15) is 73.8 Å². The van der Waals surface area contributed by atoms with Crippen LogP contribution in [0.2, 0.25) is 0 Å². The molecule has 2 aromatic heterocycles. The second kappa shape index (κ2) is 7.63. The summed E-state index contributed by atoms with van der Waals surface area (Å²) >= 11 is 0. The maximum atomic E-state index is 11.8. The van der Waals surface area contributed by atoms with Gasteiger partial charge < -0.3 is 24.3 Å². The lowest BCUT2D eigenvalue weighted by atomic mass is 9.79. The van der Waals surface area contributed by atoms with Gasteiger partial charge in [-0.1, -0.05) is 13.8 Å². The summed E-state index contributed by atoms with van der Waals surface area (Å²) in [6.07, 6.45) is -0.879. The number of H-pyrrole nitrogens is 1. The molecule has 0 atom stereocenters. The van der Waals surface area contributed by atoms with E-state index >= 15 is 0 Å². The van der Waals surface area contributed by atoms with Gasteiger partial charge in [0.15, 0.2) is 0 Å². The predicted molar refractivity (Wildman–Crippen MR) is 132 cm³/mol. The van der Waals surface area contributed by atoms with Gasteiger partial charge in [-0.2, -0.15) is 0 Å². The van der Waals surface area contributed by atoms with Crippen LogP contribution in [0, 0.1) is 0 Å². The summed E-state index contributed by atoms with van der Waals surface area (Å²) in [5.41, 5.74) is 2.62. The highest BCUT2D eigenvalue weighted by Gasteiger charge is 2.53. The summed E-state index contributed by atoms with van der Waals surface area (Å²) < 4.78 is 12.6. The first kappa shape index (κ1) is 23.9. The Balaban J connectivity index is 1.63. The number of aromatic amines is 1. The van der Waals surface area contributed by atoms with Crippen molar-refractivity contribution in [3.05, 3.63) is 17.7 Å². The van der Waals surface area contributed by atoms with E-state index in [4.69, 9.17) is 14.3 Å². The second-order valence-electron chi connectivity index (χ2n) is 11.6. The van der Waals surface area contributed by atoms with Crippen molar-refractivity contribution < 1.29 is 19.2 Å². The molecule has 8 nitrogen and oxygen atoms in total. The molecule has 0 bridgehead atoms. The van der Waals surface area contributed by atoms with Crippen LogP contribution < -0.4 is 10.5 Å². The fourth-order valence-electron chi connectivity index (χ4n) is 4.80. The second-order valence-corrected chi connectivity index (χ2v) is 11.6. The zero-order valence-electron chi connectivity index (χ0n) is 21.3. The van der Waals surface area contributed by atoms with Gasteiger partial charge in [0.1, 0.15) is 5.82 Å². The van der Waals surface area contributed by atoms with Crippen LogP contribution >= 0.6 is 0 Å². The molecule has 0 aliphatic carbocycles. The number of anilines is 1. The van der Waals surface area contributed by atoms with Crippen molar-refractivity contribution in [3.8, 4) is 0 Å². The minimum absolute atomic E-state index is 0.0453. The van der Waals surface area contributed by atoms with Crippen molar-refractivity contribution in [2.75, 3.05) is 18.0 Å². The monoisotopic (exact) mass is 456 g/mol. The molecule has 4 heterocycles. The van der Waals surface area contributed by atoms with E-state index in [1.807, 2.05) is 32.9 Å². The van der Waals surface area contributed by atoms with Crippen LogP contribution in [0.4, 0.5) is 10.6 Å². The fourth-order valence-corrected chi connectivity index (χ4v) is 4.80. The summed E-state index contributed by atoms with van der Waals surface area (Å²) in [7, 11) is -0.477. The van der Waals surface area contributed by atoms with E-state index in [-0.39, 0.29) is 12.0 Å². The molecule has 0 spiro atoms. The Kier molecular flexibility index (Phi) is 5.53. The summed E-state index contributed by atoms with van der Waals surface area (Å²) in [6.45, 7) is 19.6. The van der Waals surface area contributed by atoms with E-state index in [1.165, 1.54) is 0 Å². The topological polar surface area (TPSA) is 90.9 Å². The van der Waals surface area contributed by atoms with Crippen molar-refractivity contribution in [1.82, 2.24) is 14.9 Å². The third-order valence-electron chi connectivity index (χ3n) is 7.24. The number of aromatic nitrogens is 2. The van der Waals surface area contributed by atoms with Gasteiger partial charge in [-0.15, -0.1) is 0 Å². The third-order valence-corrected chi connectivity index (χ3v) is 7.24. The summed E-state index contributed by atoms with van der Waals surface area (Å²) in [6, 6.07) is 4.00. The number of hydrogen-bond acceptors (Lipinski definition) is 5. The number of carbonyl (C=O) groups is 1. The molecule has 0 aromatic carbocycles. The highest BCUT2D eigenvalue weighted by molar-refractivity contribution is 6.62. The van der Waals surface area contributed by atoms with Crippen molar-refractivity contribution in [1.29, 1.82) is 0 Å². The largest absolute Gasteiger partial charge is 0.512 e. The number of nitrogens with zero attached hydrogens (tertiary/aromatic N) is 3. The van der Waals surface area contributed by atoms with Gasteiger partial charge in [0, 0.05) is 18.6 Å². The first-order valence-corrected chi connectivity index (χ1v) is 11.8. The molecule has 180 valence electrons. The molecular weight excluding hydrogens is 419 g/mol. The molecule has 9 heteroatoms. The van der Waals surface area contributed by atoms with E-state index in [0.717, 1.165) is 28.0 Å². The van der Waals surface area contributed by atoms with Gasteiger partial charge in [-0.05, 0) is 72.1 Å². The Labute approximate surface area is 196 Å². The van der Waals surface area contributed by atoms with E-state index in [9.17, 15) is 9.90 Å². The molecule has 2 fully saturated rings. The zero-order valence-corrected chi connectivity index (χ0v) is 21.3. The van der Waals surface area contributed by atoms with E-state index in [2.05, 4.69) is 51.4 Å². The number of nitrogens with one attached hydrogen (secondary N) is 1. The van der Waals surface area contributed by atoms with Crippen LogP contribution in [0.3, 0.4) is 0 Å². The highest BCUT2D eigenvalue weighted by Crippen LogP contribution is 2.38. The van der Waals surface area contributed by atoms with Crippen LogP contribution in [0.5, 0.6) is 0 Å². The molecule has 1 amide bonds. The quantitative estimate of drug-likeness (QED) is 0.677. The molecule has 2 N–H and O–H groups in total. The molecule has 0 saturated carbocycles. The van der Waals surface area contributed by atoms with E-state index in [0.29, 0.717) is 13.1 Å². The number of rotatable bonds is 4. The van der Waals surface area contributed by atoms with Crippen LogP contribution in [0.15, 0.2) is 12.1 Å². The minimum Gasteiger partial charge on any atom is -0.465 e. The number of carboxylic acid groups (broad SMARTS) is 1. The van der Waals surface area contributed by atoms with Crippen LogP contribution in [-0.4, -0.2) is 69.1 Å². The van der Waals surface area contributed by atoms with Crippen molar-refractivity contribution in [2.24, 2.45) is 0 Å². The molecule has 2 aliphatic rings. The van der Waals surface area contributed by atoms with Crippen LogP contribution in [-0.2, 0) is 9.31 Å². The van der Waals surface area contributed by atoms with Gasteiger partial charge in [-0.25, -0.2) is 9.78 Å². The normalized spacial score (nSPS) is 20.5. The summed E-state index contributed by atoms with van der Waals surface area (Å²) in [5, 5.41) is 9.68. The zero-order chi connectivity index (χ0) is 24.5. The number of amides is 1. The predicted octanol–water partition coefficient (Wildman–Crippen LogP) is 3.95. The lowest BCUT2D eigenvalue weighted by Crippen LogP contribution is -2.65. The average molecular weight is 456 g/mol. The molecule has 2 saturated heterocycles. The van der Waals surface area contributed by atoms with Crippen molar-refractivity contribution in [3.63, 3.8) is 0 Å². The molecule has 0 radical (unpaired) electrons. The Bertz CT molecular complexity index is 1050. The van der Waals surface area contributed by atoms with Crippen LogP contribution in [0.25, 0.3) is 11.0 Å². The summed E-state index contributed by atoms with van der Waals surface area (Å²) in [5.74, 6) is 1.09. The van der Waals surface area contributed by atoms with Gasteiger partial charge in [-0.3, -0.25) is 4.90 Å². The van der Waals surface area contributed by atoms with E-state index < -0.39 is 30.0 Å². The smallest absolute Gasteiger partial charge is 0.465 e. The Hall–Kier alpha value is -2.26. The van der Waals surface area contributed by atoms with Gasteiger partial charge in [0.05, 0.1) is 33.9 Å².